The first kappa shape index (κ1) is 18.3. The maximum atomic E-state index is 13.4. The summed E-state index contributed by atoms with van der Waals surface area (Å²) in [6.07, 6.45) is 3.80. The van der Waals surface area contributed by atoms with E-state index >= 15 is 0 Å². The van der Waals surface area contributed by atoms with E-state index in [9.17, 15) is 9.59 Å². The molecule has 0 saturated carbocycles. The number of carbonyl (C=O) groups is 2. The van der Waals surface area contributed by atoms with Gasteiger partial charge in [-0.3, -0.25) is 9.59 Å². The smallest absolute Gasteiger partial charge is 0.230 e. The van der Waals surface area contributed by atoms with Crippen LogP contribution in [-0.4, -0.2) is 64.5 Å². The van der Waals surface area contributed by atoms with Crippen LogP contribution in [0.2, 0.25) is 0 Å². The molecular weight excluding hydrogens is 372 g/mol. The number of ether oxygens (including phenoxy) is 1. The molecule has 1 aromatic rings. The number of nitrogens with zero attached hydrogens (tertiary/aromatic N) is 2. The lowest BCUT2D eigenvalue weighted by molar-refractivity contribution is -0.143. The number of carbonyl (C=O) groups excluding carboxylic acids is 2. The number of hydrogen-bond acceptors (Lipinski definition) is 4. The van der Waals surface area contributed by atoms with Gasteiger partial charge in [-0.05, 0) is 25.0 Å². The zero-order chi connectivity index (χ0) is 19.5. The van der Waals surface area contributed by atoms with Crippen molar-refractivity contribution in [3.8, 4) is 0 Å². The van der Waals surface area contributed by atoms with Crippen molar-refractivity contribution >= 4 is 23.6 Å². The molecule has 3 fully saturated rings. The van der Waals surface area contributed by atoms with Crippen LogP contribution in [0.4, 0.5) is 0 Å². The van der Waals surface area contributed by atoms with Crippen molar-refractivity contribution in [3.05, 3.63) is 47.0 Å². The summed E-state index contributed by atoms with van der Waals surface area (Å²) in [5, 5.41) is 0. The molecule has 2 amide bonds. The molecule has 4 heterocycles. The first-order valence-electron chi connectivity index (χ1n) is 10.1. The van der Waals surface area contributed by atoms with Gasteiger partial charge in [0.2, 0.25) is 11.8 Å². The SMILES string of the molecule is Cc1ccc(C)c(CN2C[C@]34C=C[C@H](O3)[C@@H](C(=O)N3CCSCC3)[C@H]4C2=O)c1. The molecule has 4 aliphatic heterocycles. The van der Waals surface area contributed by atoms with Crippen LogP contribution in [0.3, 0.4) is 0 Å². The molecule has 1 spiro atoms. The quantitative estimate of drug-likeness (QED) is 0.733. The van der Waals surface area contributed by atoms with Gasteiger partial charge in [0.15, 0.2) is 0 Å². The second kappa shape index (κ2) is 6.63. The Balaban J connectivity index is 1.40. The van der Waals surface area contributed by atoms with Gasteiger partial charge in [0.25, 0.3) is 0 Å². The molecule has 0 radical (unpaired) electrons. The lowest BCUT2D eigenvalue weighted by Gasteiger charge is -2.32. The Kier molecular flexibility index (Phi) is 4.32. The van der Waals surface area contributed by atoms with E-state index in [4.69, 9.17) is 4.74 Å². The van der Waals surface area contributed by atoms with Crippen LogP contribution in [0.1, 0.15) is 16.7 Å². The Labute approximate surface area is 170 Å². The minimum absolute atomic E-state index is 0.0671. The highest BCUT2D eigenvalue weighted by atomic mass is 32.2. The molecule has 148 valence electrons. The summed E-state index contributed by atoms with van der Waals surface area (Å²) in [7, 11) is 0. The van der Waals surface area contributed by atoms with Gasteiger partial charge < -0.3 is 14.5 Å². The largest absolute Gasteiger partial charge is 0.360 e. The number of hydrogen-bond donors (Lipinski definition) is 0. The Morgan fingerprint density at radius 2 is 2.07 bits per heavy atom. The fourth-order valence-corrected chi connectivity index (χ4v) is 6.07. The van der Waals surface area contributed by atoms with Crippen molar-refractivity contribution in [3.63, 3.8) is 0 Å². The predicted octanol–water partition coefficient (Wildman–Crippen LogP) is 2.16. The average Bonchev–Trinajstić information content (AvgIpc) is 3.33. The number of thioether (sulfide) groups is 1. The molecular formula is C22H26N2O3S. The predicted molar refractivity (Wildman–Crippen MR) is 109 cm³/mol. The van der Waals surface area contributed by atoms with Gasteiger partial charge in [-0.15, -0.1) is 0 Å². The van der Waals surface area contributed by atoms with Gasteiger partial charge in [0.05, 0.1) is 24.5 Å². The van der Waals surface area contributed by atoms with Gasteiger partial charge in [0.1, 0.15) is 5.60 Å². The third-order valence-corrected chi connectivity index (χ3v) is 7.59. The maximum Gasteiger partial charge on any atom is 0.230 e. The van der Waals surface area contributed by atoms with Gasteiger partial charge in [0, 0.05) is 31.1 Å². The van der Waals surface area contributed by atoms with E-state index < -0.39 is 5.60 Å². The zero-order valence-corrected chi connectivity index (χ0v) is 17.2. The van der Waals surface area contributed by atoms with E-state index in [0.717, 1.165) is 24.6 Å². The highest BCUT2D eigenvalue weighted by Gasteiger charge is 2.67. The van der Waals surface area contributed by atoms with Gasteiger partial charge in [-0.2, -0.15) is 11.8 Å². The van der Waals surface area contributed by atoms with Crippen molar-refractivity contribution in [2.24, 2.45) is 11.8 Å². The first-order chi connectivity index (χ1) is 13.5. The van der Waals surface area contributed by atoms with Crippen LogP contribution in [0, 0.1) is 25.7 Å². The average molecular weight is 399 g/mol. The molecule has 0 N–H and O–H groups in total. The van der Waals surface area contributed by atoms with E-state index in [1.807, 2.05) is 33.7 Å². The fraction of sp³-hybridized carbons (Fsp3) is 0.545. The number of likely N-dealkylation sites (tertiary alicyclic amines) is 1. The van der Waals surface area contributed by atoms with Crippen LogP contribution >= 0.6 is 11.8 Å². The number of benzene rings is 1. The topological polar surface area (TPSA) is 49.9 Å². The van der Waals surface area contributed by atoms with Crippen molar-refractivity contribution in [1.82, 2.24) is 9.80 Å². The number of amides is 2. The lowest BCUT2D eigenvalue weighted by atomic mass is 9.76. The van der Waals surface area contributed by atoms with Gasteiger partial charge in [-0.25, -0.2) is 0 Å². The highest BCUT2D eigenvalue weighted by molar-refractivity contribution is 7.99. The Bertz CT molecular complexity index is 863. The molecule has 28 heavy (non-hydrogen) atoms. The number of fused-ring (bicyclic) bond motifs is 1. The second-order valence-electron chi connectivity index (χ2n) is 8.46. The summed E-state index contributed by atoms with van der Waals surface area (Å²) in [5.41, 5.74) is 2.93. The second-order valence-corrected chi connectivity index (χ2v) is 9.69. The van der Waals surface area contributed by atoms with Crippen LogP contribution in [0.5, 0.6) is 0 Å². The third-order valence-electron chi connectivity index (χ3n) is 6.65. The van der Waals surface area contributed by atoms with Gasteiger partial charge >= 0.3 is 0 Å². The molecule has 5 rings (SSSR count). The van der Waals surface area contributed by atoms with Crippen LogP contribution < -0.4 is 0 Å². The lowest BCUT2D eigenvalue weighted by Crippen LogP contribution is -2.48. The summed E-state index contributed by atoms with van der Waals surface area (Å²) < 4.78 is 6.27. The Morgan fingerprint density at radius 1 is 1.29 bits per heavy atom. The zero-order valence-electron chi connectivity index (χ0n) is 16.4. The molecule has 5 nitrogen and oxygen atoms in total. The summed E-state index contributed by atoms with van der Waals surface area (Å²) in [6.45, 7) is 6.82. The molecule has 0 unspecified atom stereocenters. The molecule has 4 aliphatic rings. The van der Waals surface area contributed by atoms with Crippen molar-refractivity contribution in [2.45, 2.75) is 32.1 Å². The van der Waals surface area contributed by atoms with Crippen molar-refractivity contribution in [1.29, 1.82) is 0 Å². The summed E-state index contributed by atoms with van der Waals surface area (Å²) in [6, 6.07) is 6.35. The summed E-state index contributed by atoms with van der Waals surface area (Å²) >= 11 is 1.88. The van der Waals surface area contributed by atoms with Crippen molar-refractivity contribution < 1.29 is 14.3 Å². The van der Waals surface area contributed by atoms with Crippen LogP contribution in [0.25, 0.3) is 0 Å². The molecule has 6 heteroatoms. The molecule has 3 saturated heterocycles. The monoisotopic (exact) mass is 398 g/mol. The summed E-state index contributed by atoms with van der Waals surface area (Å²) in [5.74, 6) is 1.37. The number of aryl methyl sites for hydroxylation is 2. The first-order valence-corrected chi connectivity index (χ1v) is 11.2. The highest BCUT2D eigenvalue weighted by Crippen LogP contribution is 2.52. The maximum absolute atomic E-state index is 13.4. The van der Waals surface area contributed by atoms with Crippen LogP contribution in [-0.2, 0) is 20.9 Å². The van der Waals surface area contributed by atoms with E-state index in [1.165, 1.54) is 16.7 Å². The van der Waals surface area contributed by atoms with Crippen molar-refractivity contribution in [2.75, 3.05) is 31.1 Å². The normalized spacial score (nSPS) is 33.6. The molecule has 2 bridgehead atoms. The van der Waals surface area contributed by atoms with E-state index in [-0.39, 0.29) is 29.8 Å². The van der Waals surface area contributed by atoms with E-state index in [2.05, 4.69) is 32.0 Å². The minimum Gasteiger partial charge on any atom is -0.360 e. The minimum atomic E-state index is -0.621. The molecule has 4 atom stereocenters. The summed E-state index contributed by atoms with van der Waals surface area (Å²) in [4.78, 5) is 30.5. The molecule has 1 aromatic carbocycles. The van der Waals surface area contributed by atoms with E-state index in [0.29, 0.717) is 13.1 Å². The Hall–Kier alpha value is -1.79. The van der Waals surface area contributed by atoms with Crippen LogP contribution in [0.15, 0.2) is 30.4 Å². The standard InChI is InChI=1S/C22H26N2O3S/c1-14-3-4-15(2)16(11-14)12-24-13-22-6-5-17(27-22)18(19(22)21(24)26)20(25)23-7-9-28-10-8-23/h3-6,11,17-19H,7-10,12-13H2,1-2H3/t17-,18+,19-,22-/m0/s1. The van der Waals surface area contributed by atoms with E-state index in [1.54, 1.807) is 0 Å². The molecule has 0 aromatic heterocycles. The fourth-order valence-electron chi connectivity index (χ4n) is 5.16. The van der Waals surface area contributed by atoms with Gasteiger partial charge in [-0.1, -0.05) is 35.9 Å². The number of rotatable bonds is 3. The Morgan fingerprint density at radius 3 is 2.86 bits per heavy atom. The third kappa shape index (κ3) is 2.72. The molecule has 0 aliphatic carbocycles.